The normalized spacial score (nSPS) is 12.3. The number of benzene rings is 1. The Hall–Kier alpha value is -2.62. The number of rotatable bonds is 5. The Morgan fingerprint density at radius 1 is 1.12 bits per heavy atom. The van der Waals surface area contributed by atoms with Crippen LogP contribution >= 0.6 is 35.0 Å². The van der Waals surface area contributed by atoms with Gasteiger partial charge >= 0.3 is 6.03 Å². The molecular weight excluding hydrogens is 471 g/mol. The lowest BCUT2D eigenvalue weighted by molar-refractivity contribution is -0.119. The maximum absolute atomic E-state index is 12.6. The summed E-state index contributed by atoms with van der Waals surface area (Å²) in [5.74, 6) is 0.0699. The molecule has 1 atom stereocenters. The number of amides is 3. The zero-order chi connectivity index (χ0) is 23.5. The first kappa shape index (κ1) is 24.0. The standard InChI is InChI=1S/C21H22Cl2N6O2S/c1-12(18(30)25-19(31)26-21(2,3)4)32-20-28-27-17(13-6-5-9-24-11-13)29(20)14-7-8-15(22)16(23)10-14/h5-12H,1-4H3,(H2,25,26,30,31). The second-order valence-electron chi connectivity index (χ2n) is 7.94. The summed E-state index contributed by atoms with van der Waals surface area (Å²) in [6.07, 6.45) is 3.33. The van der Waals surface area contributed by atoms with Crippen LogP contribution in [0.1, 0.15) is 27.7 Å². The van der Waals surface area contributed by atoms with Gasteiger partial charge in [-0.2, -0.15) is 0 Å². The van der Waals surface area contributed by atoms with Crippen LogP contribution in [0.5, 0.6) is 0 Å². The summed E-state index contributed by atoms with van der Waals surface area (Å²) in [4.78, 5) is 28.8. The number of imide groups is 1. The molecule has 0 saturated heterocycles. The van der Waals surface area contributed by atoms with E-state index in [4.69, 9.17) is 23.2 Å². The zero-order valence-corrected chi connectivity index (χ0v) is 20.2. The molecule has 32 heavy (non-hydrogen) atoms. The maximum atomic E-state index is 12.6. The van der Waals surface area contributed by atoms with E-state index in [2.05, 4.69) is 25.8 Å². The largest absolute Gasteiger partial charge is 0.333 e. The molecule has 2 aromatic heterocycles. The van der Waals surface area contributed by atoms with Gasteiger partial charge < -0.3 is 5.32 Å². The van der Waals surface area contributed by atoms with E-state index in [9.17, 15) is 9.59 Å². The lowest BCUT2D eigenvalue weighted by Gasteiger charge is -2.21. The van der Waals surface area contributed by atoms with E-state index in [0.717, 1.165) is 17.3 Å². The average molecular weight is 493 g/mol. The third-order valence-electron chi connectivity index (χ3n) is 4.09. The molecular formula is C21H22Cl2N6O2S. The summed E-state index contributed by atoms with van der Waals surface area (Å²) in [7, 11) is 0. The van der Waals surface area contributed by atoms with Gasteiger partial charge in [0.05, 0.1) is 21.0 Å². The molecule has 2 N–H and O–H groups in total. The molecule has 11 heteroatoms. The summed E-state index contributed by atoms with van der Waals surface area (Å²) < 4.78 is 1.77. The van der Waals surface area contributed by atoms with E-state index in [1.165, 1.54) is 0 Å². The van der Waals surface area contributed by atoms with Crippen molar-refractivity contribution in [3.05, 3.63) is 52.8 Å². The van der Waals surface area contributed by atoms with Crippen LogP contribution in [0.2, 0.25) is 10.0 Å². The molecule has 2 heterocycles. The molecule has 168 valence electrons. The monoisotopic (exact) mass is 492 g/mol. The SMILES string of the molecule is CC(Sc1nnc(-c2cccnc2)n1-c1ccc(Cl)c(Cl)c1)C(=O)NC(=O)NC(C)(C)C. The Balaban J connectivity index is 1.91. The van der Waals surface area contributed by atoms with Gasteiger partial charge in [0, 0.05) is 23.5 Å². The predicted octanol–water partition coefficient (Wildman–Crippen LogP) is 4.74. The van der Waals surface area contributed by atoms with Gasteiger partial charge in [0.1, 0.15) is 0 Å². The molecule has 3 rings (SSSR count). The molecule has 0 aliphatic rings. The first-order valence-corrected chi connectivity index (χ1v) is 11.3. The Morgan fingerprint density at radius 3 is 2.50 bits per heavy atom. The minimum Gasteiger partial charge on any atom is -0.333 e. The Kier molecular flexibility index (Phi) is 7.43. The first-order valence-electron chi connectivity index (χ1n) is 9.66. The third-order valence-corrected chi connectivity index (χ3v) is 5.87. The van der Waals surface area contributed by atoms with Gasteiger partial charge in [-0.1, -0.05) is 35.0 Å². The molecule has 1 unspecified atom stereocenters. The van der Waals surface area contributed by atoms with Gasteiger partial charge in [0.2, 0.25) is 5.91 Å². The summed E-state index contributed by atoms with van der Waals surface area (Å²) >= 11 is 13.5. The Morgan fingerprint density at radius 2 is 1.88 bits per heavy atom. The maximum Gasteiger partial charge on any atom is 0.321 e. The van der Waals surface area contributed by atoms with Crippen molar-refractivity contribution in [3.63, 3.8) is 0 Å². The van der Waals surface area contributed by atoms with Crippen LogP contribution in [0.25, 0.3) is 17.1 Å². The first-order chi connectivity index (χ1) is 15.0. The number of nitrogens with one attached hydrogen (secondary N) is 2. The highest BCUT2D eigenvalue weighted by molar-refractivity contribution is 8.00. The fraction of sp³-hybridized carbons (Fsp3) is 0.286. The van der Waals surface area contributed by atoms with Crippen molar-refractivity contribution in [2.75, 3.05) is 0 Å². The fourth-order valence-electron chi connectivity index (χ4n) is 2.68. The second kappa shape index (κ2) is 9.89. The number of halogens is 2. The van der Waals surface area contributed by atoms with Crippen LogP contribution in [0.3, 0.4) is 0 Å². The van der Waals surface area contributed by atoms with Crippen molar-refractivity contribution in [2.24, 2.45) is 0 Å². The number of thioether (sulfide) groups is 1. The van der Waals surface area contributed by atoms with Crippen molar-refractivity contribution in [1.29, 1.82) is 0 Å². The summed E-state index contributed by atoms with van der Waals surface area (Å²) in [6, 6.07) is 8.24. The van der Waals surface area contributed by atoms with Crippen molar-refractivity contribution >= 4 is 46.9 Å². The number of carbonyl (C=O) groups excluding carboxylic acids is 2. The van der Waals surface area contributed by atoms with E-state index in [-0.39, 0.29) is 0 Å². The van der Waals surface area contributed by atoms with Crippen molar-refractivity contribution in [3.8, 4) is 17.1 Å². The molecule has 1 aromatic carbocycles. The van der Waals surface area contributed by atoms with Crippen LogP contribution in [0, 0.1) is 0 Å². The number of pyridine rings is 1. The van der Waals surface area contributed by atoms with Gasteiger partial charge in [0.25, 0.3) is 0 Å². The molecule has 3 amide bonds. The smallest absolute Gasteiger partial charge is 0.321 e. The van der Waals surface area contributed by atoms with Crippen LogP contribution in [0.15, 0.2) is 47.9 Å². The van der Waals surface area contributed by atoms with Gasteiger partial charge in [-0.25, -0.2) is 4.79 Å². The van der Waals surface area contributed by atoms with E-state index < -0.39 is 22.7 Å². The highest BCUT2D eigenvalue weighted by atomic mass is 35.5. The minimum absolute atomic E-state index is 0.371. The van der Waals surface area contributed by atoms with Gasteiger partial charge in [0.15, 0.2) is 11.0 Å². The molecule has 0 aliphatic heterocycles. The van der Waals surface area contributed by atoms with Gasteiger partial charge in [-0.05, 0) is 58.0 Å². The average Bonchev–Trinajstić information content (AvgIpc) is 3.12. The summed E-state index contributed by atoms with van der Waals surface area (Å²) in [6.45, 7) is 7.17. The van der Waals surface area contributed by atoms with Crippen LogP contribution in [-0.4, -0.2) is 42.5 Å². The molecule has 3 aromatic rings. The molecule has 0 aliphatic carbocycles. The number of nitrogens with zero attached hydrogens (tertiary/aromatic N) is 4. The molecule has 8 nitrogen and oxygen atoms in total. The summed E-state index contributed by atoms with van der Waals surface area (Å²) in [5.41, 5.74) is 0.941. The second-order valence-corrected chi connectivity index (χ2v) is 10.1. The minimum atomic E-state index is -0.631. The quantitative estimate of drug-likeness (QED) is 0.498. The topological polar surface area (TPSA) is 102 Å². The fourth-order valence-corrected chi connectivity index (χ4v) is 3.84. The van der Waals surface area contributed by atoms with Gasteiger partial charge in [-0.3, -0.25) is 19.7 Å². The van der Waals surface area contributed by atoms with E-state index >= 15 is 0 Å². The number of carbonyl (C=O) groups is 2. The molecule has 0 radical (unpaired) electrons. The zero-order valence-electron chi connectivity index (χ0n) is 17.9. The lowest BCUT2D eigenvalue weighted by Crippen LogP contribution is -2.49. The lowest BCUT2D eigenvalue weighted by atomic mass is 10.1. The molecule has 0 spiro atoms. The van der Waals surface area contributed by atoms with Crippen LogP contribution < -0.4 is 10.6 Å². The molecule has 0 bridgehead atoms. The van der Waals surface area contributed by atoms with E-state index in [1.54, 1.807) is 48.1 Å². The summed E-state index contributed by atoms with van der Waals surface area (Å²) in [5, 5.41) is 14.2. The molecule has 0 fully saturated rings. The van der Waals surface area contributed by atoms with Crippen molar-refractivity contribution in [2.45, 2.75) is 43.6 Å². The number of hydrogen-bond acceptors (Lipinski definition) is 6. The number of aromatic nitrogens is 4. The van der Waals surface area contributed by atoms with E-state index in [0.29, 0.717) is 26.7 Å². The van der Waals surface area contributed by atoms with Crippen molar-refractivity contribution in [1.82, 2.24) is 30.4 Å². The van der Waals surface area contributed by atoms with Crippen molar-refractivity contribution < 1.29 is 9.59 Å². The molecule has 0 saturated carbocycles. The number of urea groups is 1. The Bertz CT molecular complexity index is 1130. The third kappa shape index (κ3) is 5.99. The Labute approximate surface area is 200 Å². The number of hydrogen-bond donors (Lipinski definition) is 2. The van der Waals surface area contributed by atoms with Crippen LogP contribution in [0.4, 0.5) is 4.79 Å². The predicted molar refractivity (Wildman–Crippen MR) is 126 cm³/mol. The highest BCUT2D eigenvalue weighted by Crippen LogP contribution is 2.32. The highest BCUT2D eigenvalue weighted by Gasteiger charge is 2.24. The van der Waals surface area contributed by atoms with E-state index in [1.807, 2.05) is 26.8 Å². The van der Waals surface area contributed by atoms with Crippen LogP contribution in [-0.2, 0) is 4.79 Å². The van der Waals surface area contributed by atoms with Gasteiger partial charge in [-0.15, -0.1) is 10.2 Å².